The second-order valence-electron chi connectivity index (χ2n) is 4.32. The summed E-state index contributed by atoms with van der Waals surface area (Å²) in [5, 5.41) is 0. The van der Waals surface area contributed by atoms with Crippen LogP contribution in [0.3, 0.4) is 0 Å². The van der Waals surface area contributed by atoms with Crippen molar-refractivity contribution in [2.45, 2.75) is 33.1 Å². The van der Waals surface area contributed by atoms with Crippen molar-refractivity contribution >= 4 is 5.69 Å². The van der Waals surface area contributed by atoms with Gasteiger partial charge in [-0.05, 0) is 29.5 Å². The minimum Gasteiger partial charge on any atom is -0.399 e. The van der Waals surface area contributed by atoms with Gasteiger partial charge in [-0.15, -0.1) is 0 Å². The highest BCUT2D eigenvalue weighted by molar-refractivity contribution is 5.49. The van der Waals surface area contributed by atoms with E-state index in [4.69, 9.17) is 5.73 Å². The number of hydrogen-bond donors (Lipinski definition) is 1. The van der Waals surface area contributed by atoms with Gasteiger partial charge in [0.25, 0.3) is 0 Å². The molecule has 0 atom stereocenters. The number of nitrogen functional groups attached to an aromatic ring is 1. The van der Waals surface area contributed by atoms with Crippen LogP contribution in [0.5, 0.6) is 0 Å². The van der Waals surface area contributed by atoms with E-state index in [1.807, 2.05) is 6.92 Å². The van der Waals surface area contributed by atoms with Crippen LogP contribution in [0.2, 0.25) is 0 Å². The van der Waals surface area contributed by atoms with E-state index >= 15 is 0 Å². The Morgan fingerprint density at radius 1 is 1.25 bits per heavy atom. The molecule has 1 aromatic carbocycles. The molecule has 2 N–H and O–H groups in total. The van der Waals surface area contributed by atoms with Gasteiger partial charge in [-0.3, -0.25) is 0 Å². The van der Waals surface area contributed by atoms with Crippen LogP contribution in [0.4, 0.5) is 5.69 Å². The Bertz CT molecular complexity index is 287. The fourth-order valence-electron chi connectivity index (χ4n) is 1.11. The predicted molar refractivity (Wildman–Crippen MR) is 56.4 cm³/mol. The topological polar surface area (TPSA) is 26.0 Å². The van der Waals surface area contributed by atoms with Crippen molar-refractivity contribution in [3.63, 3.8) is 0 Å². The highest BCUT2D eigenvalue weighted by Gasteiger charge is 2.13. The third kappa shape index (κ3) is 1.79. The lowest BCUT2D eigenvalue weighted by Crippen LogP contribution is -2.11. The van der Waals surface area contributed by atoms with Gasteiger partial charge in [-0.2, -0.15) is 0 Å². The maximum Gasteiger partial charge on any atom is 0.0346 e. The van der Waals surface area contributed by atoms with E-state index in [0.29, 0.717) is 0 Å². The van der Waals surface area contributed by atoms with Crippen LogP contribution < -0.4 is 5.73 Å². The third-order valence-electron chi connectivity index (χ3n) is 2.15. The molecule has 0 spiro atoms. The fourth-order valence-corrected chi connectivity index (χ4v) is 1.11. The molecular formula is C11H19N. The van der Waals surface area contributed by atoms with E-state index < -0.39 is 0 Å². The lowest BCUT2D eigenvalue weighted by Gasteiger charge is -2.19. The zero-order valence-electron chi connectivity index (χ0n) is 8.31. The molecule has 0 unspecified atom stereocenters. The molecule has 0 saturated heterocycles. The van der Waals surface area contributed by atoms with Crippen LogP contribution in [-0.4, -0.2) is 0 Å². The number of rotatable bonds is 0. The molecule has 1 aromatic rings. The Morgan fingerprint density at radius 2 is 1.83 bits per heavy atom. The summed E-state index contributed by atoms with van der Waals surface area (Å²) >= 11 is 0. The maximum atomic E-state index is 5.82. The summed E-state index contributed by atoms with van der Waals surface area (Å²) in [6.07, 6.45) is 0. The molecule has 0 heterocycles. The standard InChI is InChI=1S/C11H17N.H2/c1-8-5-6-9(7-10(8)12)11(2,3)4;/h5-7H,12H2,1-4H3;1H. The summed E-state index contributed by atoms with van der Waals surface area (Å²) in [7, 11) is 0. The third-order valence-corrected chi connectivity index (χ3v) is 2.15. The molecule has 0 saturated carbocycles. The average Bonchev–Trinajstić information content (AvgIpc) is 1.92. The summed E-state index contributed by atoms with van der Waals surface area (Å²) in [6.45, 7) is 8.60. The Hall–Kier alpha value is -0.980. The van der Waals surface area contributed by atoms with E-state index in [1.165, 1.54) is 5.56 Å². The Balaban J connectivity index is 0.00000144. The minimum atomic E-state index is 0. The van der Waals surface area contributed by atoms with Crippen LogP contribution in [0.15, 0.2) is 18.2 Å². The second kappa shape index (κ2) is 2.81. The molecule has 1 heteroatoms. The maximum absolute atomic E-state index is 5.82. The monoisotopic (exact) mass is 165 g/mol. The Morgan fingerprint density at radius 3 is 2.25 bits per heavy atom. The average molecular weight is 165 g/mol. The zero-order valence-corrected chi connectivity index (χ0v) is 8.31. The molecule has 0 fully saturated rings. The van der Waals surface area contributed by atoms with Crippen molar-refractivity contribution in [1.82, 2.24) is 0 Å². The first-order chi connectivity index (χ1) is 5.41. The van der Waals surface area contributed by atoms with Gasteiger partial charge in [-0.25, -0.2) is 0 Å². The molecule has 68 valence electrons. The summed E-state index contributed by atoms with van der Waals surface area (Å²) in [5.74, 6) is 0. The highest BCUT2D eigenvalue weighted by Crippen LogP contribution is 2.25. The van der Waals surface area contributed by atoms with Crippen molar-refractivity contribution in [3.8, 4) is 0 Å². The second-order valence-corrected chi connectivity index (χ2v) is 4.32. The van der Waals surface area contributed by atoms with Gasteiger partial charge in [0.15, 0.2) is 0 Å². The predicted octanol–water partition coefficient (Wildman–Crippen LogP) is 3.12. The van der Waals surface area contributed by atoms with Gasteiger partial charge in [0.05, 0.1) is 0 Å². The van der Waals surface area contributed by atoms with Crippen LogP contribution in [0.1, 0.15) is 33.3 Å². The van der Waals surface area contributed by atoms with Gasteiger partial charge >= 0.3 is 0 Å². The number of benzene rings is 1. The first-order valence-corrected chi connectivity index (χ1v) is 4.28. The van der Waals surface area contributed by atoms with Gasteiger partial charge < -0.3 is 5.73 Å². The van der Waals surface area contributed by atoms with Crippen molar-refractivity contribution < 1.29 is 1.43 Å². The molecule has 0 radical (unpaired) electrons. The fraction of sp³-hybridized carbons (Fsp3) is 0.455. The van der Waals surface area contributed by atoms with Crippen LogP contribution in [0.25, 0.3) is 0 Å². The lowest BCUT2D eigenvalue weighted by molar-refractivity contribution is 0.590. The van der Waals surface area contributed by atoms with E-state index in [0.717, 1.165) is 11.3 Å². The first kappa shape index (κ1) is 9.11. The van der Waals surface area contributed by atoms with Gasteiger partial charge in [0, 0.05) is 7.11 Å². The molecule has 0 aliphatic carbocycles. The highest BCUT2D eigenvalue weighted by atomic mass is 14.6. The van der Waals surface area contributed by atoms with E-state index in [-0.39, 0.29) is 6.84 Å². The summed E-state index contributed by atoms with van der Waals surface area (Å²) in [6, 6.07) is 6.29. The number of aryl methyl sites for hydroxylation is 1. The van der Waals surface area contributed by atoms with Crippen molar-refractivity contribution in [2.24, 2.45) is 0 Å². The van der Waals surface area contributed by atoms with Crippen molar-refractivity contribution in [1.29, 1.82) is 0 Å². The SMILES string of the molecule is Cc1ccc(C(C)(C)C)cc1N.[HH]. The van der Waals surface area contributed by atoms with Crippen molar-refractivity contribution in [2.75, 3.05) is 5.73 Å². The first-order valence-electron chi connectivity index (χ1n) is 4.28. The molecule has 0 aromatic heterocycles. The Labute approximate surface area is 76.1 Å². The van der Waals surface area contributed by atoms with E-state index in [2.05, 4.69) is 39.0 Å². The molecule has 0 amide bonds. The van der Waals surface area contributed by atoms with E-state index in [9.17, 15) is 0 Å². The molecule has 0 bridgehead atoms. The molecule has 1 nitrogen and oxygen atoms in total. The van der Waals surface area contributed by atoms with Gasteiger partial charge in [0.1, 0.15) is 0 Å². The van der Waals surface area contributed by atoms with Crippen LogP contribution >= 0.6 is 0 Å². The molecular weight excluding hydrogens is 146 g/mol. The summed E-state index contributed by atoms with van der Waals surface area (Å²) < 4.78 is 0. The number of anilines is 1. The normalized spacial score (nSPS) is 11.7. The molecule has 0 aliphatic heterocycles. The zero-order chi connectivity index (χ0) is 9.35. The van der Waals surface area contributed by atoms with E-state index in [1.54, 1.807) is 0 Å². The van der Waals surface area contributed by atoms with Gasteiger partial charge in [0.2, 0.25) is 0 Å². The summed E-state index contributed by atoms with van der Waals surface area (Å²) in [4.78, 5) is 0. The number of nitrogens with two attached hydrogens (primary N) is 1. The van der Waals surface area contributed by atoms with Crippen molar-refractivity contribution in [3.05, 3.63) is 29.3 Å². The lowest BCUT2D eigenvalue weighted by atomic mass is 9.86. The number of hydrogen-bond acceptors (Lipinski definition) is 1. The quantitative estimate of drug-likeness (QED) is 0.587. The van der Waals surface area contributed by atoms with Crippen LogP contribution in [-0.2, 0) is 5.41 Å². The smallest absolute Gasteiger partial charge is 0.0346 e. The molecule has 0 aliphatic rings. The van der Waals surface area contributed by atoms with Crippen LogP contribution in [0, 0.1) is 6.92 Å². The molecule has 1 rings (SSSR count). The van der Waals surface area contributed by atoms with Gasteiger partial charge in [-0.1, -0.05) is 32.9 Å². The minimum absolute atomic E-state index is 0. The summed E-state index contributed by atoms with van der Waals surface area (Å²) in [5.41, 5.74) is 9.36. The Kier molecular flexibility index (Phi) is 2.14. The largest absolute Gasteiger partial charge is 0.399 e. The molecule has 12 heavy (non-hydrogen) atoms.